The van der Waals surface area contributed by atoms with Gasteiger partial charge in [0.15, 0.2) is 0 Å². The number of hydrogen-bond acceptors (Lipinski definition) is 6. The first-order valence-electron chi connectivity index (χ1n) is 6.64. The van der Waals surface area contributed by atoms with Gasteiger partial charge < -0.3 is 9.47 Å². The second kappa shape index (κ2) is 5.42. The van der Waals surface area contributed by atoms with Crippen LogP contribution in [-0.4, -0.2) is 29.5 Å². The number of hydrogen-bond donors (Lipinski definition) is 0. The molecule has 3 rings (SSSR count). The minimum atomic E-state index is -0.733. The van der Waals surface area contributed by atoms with Crippen LogP contribution in [0.5, 0.6) is 5.88 Å². The van der Waals surface area contributed by atoms with Gasteiger partial charge in [0.1, 0.15) is 6.10 Å². The van der Waals surface area contributed by atoms with E-state index in [2.05, 4.69) is 0 Å². The maximum absolute atomic E-state index is 12.7. The molecule has 1 atom stereocenters. The predicted octanol–water partition coefficient (Wildman–Crippen LogP) is 1.71. The van der Waals surface area contributed by atoms with Crippen molar-refractivity contribution < 1.29 is 19.1 Å². The van der Waals surface area contributed by atoms with E-state index in [1.165, 1.54) is 23.0 Å². The molecule has 0 saturated carbocycles. The van der Waals surface area contributed by atoms with E-state index in [1.807, 2.05) is 0 Å². The summed E-state index contributed by atoms with van der Waals surface area (Å²) in [4.78, 5) is 37.3. The van der Waals surface area contributed by atoms with Gasteiger partial charge in [-0.1, -0.05) is 6.07 Å². The maximum atomic E-state index is 12.7. The van der Waals surface area contributed by atoms with Gasteiger partial charge >= 0.3 is 5.97 Å². The van der Waals surface area contributed by atoms with Crippen LogP contribution in [0.25, 0.3) is 0 Å². The van der Waals surface area contributed by atoms with Crippen molar-refractivity contribution >= 4 is 23.1 Å². The second-order valence-corrected chi connectivity index (χ2v) is 5.86. The Morgan fingerprint density at radius 3 is 2.86 bits per heavy atom. The van der Waals surface area contributed by atoms with Crippen LogP contribution < -0.4 is 10.3 Å². The number of esters is 1. The fourth-order valence-electron chi connectivity index (χ4n) is 2.43. The van der Waals surface area contributed by atoms with Gasteiger partial charge in [-0.25, -0.2) is 4.79 Å². The summed E-state index contributed by atoms with van der Waals surface area (Å²) in [5.41, 5.74) is -0.369. The van der Waals surface area contributed by atoms with Gasteiger partial charge in [0.05, 0.1) is 29.7 Å². The number of fused-ring (bicyclic) bond motifs is 1. The van der Waals surface area contributed by atoms with Crippen LogP contribution in [-0.2, 0) is 11.3 Å². The molecule has 114 valence electrons. The fraction of sp³-hybridized carbons (Fsp3) is 0.267. The zero-order chi connectivity index (χ0) is 15.9. The normalized spacial score (nSPS) is 16.0. The van der Waals surface area contributed by atoms with E-state index in [0.717, 1.165) is 6.07 Å². The second-order valence-electron chi connectivity index (χ2n) is 4.91. The predicted molar refractivity (Wildman–Crippen MR) is 79.9 cm³/mol. The molecule has 6 nitrogen and oxygen atoms in total. The van der Waals surface area contributed by atoms with Gasteiger partial charge in [0.2, 0.25) is 11.7 Å². The Bertz CT molecular complexity index is 806. The van der Waals surface area contributed by atoms with Crippen molar-refractivity contribution in [3.63, 3.8) is 0 Å². The molecule has 2 aromatic rings. The highest BCUT2D eigenvalue weighted by atomic mass is 32.1. The molecule has 0 aliphatic carbocycles. The summed E-state index contributed by atoms with van der Waals surface area (Å²) >= 11 is 1.26. The summed E-state index contributed by atoms with van der Waals surface area (Å²) in [6.07, 6.45) is -0.240. The third kappa shape index (κ3) is 2.23. The lowest BCUT2D eigenvalue weighted by molar-refractivity contribution is 0.0596. The van der Waals surface area contributed by atoms with E-state index in [9.17, 15) is 14.4 Å². The molecule has 0 saturated heterocycles. The molecule has 0 spiro atoms. The van der Waals surface area contributed by atoms with E-state index < -0.39 is 5.97 Å². The molecule has 0 radical (unpaired) electrons. The fourth-order valence-corrected chi connectivity index (χ4v) is 3.10. The molecule has 0 N–H and O–H groups in total. The number of thiophene rings is 1. The number of methoxy groups -OCH3 is 1. The average Bonchev–Trinajstić information content (AvgIpc) is 3.14. The highest BCUT2D eigenvalue weighted by Gasteiger charge is 2.32. The summed E-state index contributed by atoms with van der Waals surface area (Å²) in [6.45, 7) is 2.14. The molecule has 1 aliphatic rings. The lowest BCUT2D eigenvalue weighted by atomic mass is 10.0. The summed E-state index contributed by atoms with van der Waals surface area (Å²) in [7, 11) is 1.20. The standard InChI is InChI=1S/C15H13NO5S/c1-8-7-16-11(17)6-9(15(19)20-2)12(14(16)21-8)13(18)10-4-3-5-22-10/h3-6,8H,7H2,1-2H3. The van der Waals surface area contributed by atoms with Gasteiger partial charge in [-0.2, -0.15) is 0 Å². The molecule has 3 heterocycles. The molecular formula is C15H13NO5S. The zero-order valence-electron chi connectivity index (χ0n) is 12.0. The van der Waals surface area contributed by atoms with E-state index in [1.54, 1.807) is 24.4 Å². The van der Waals surface area contributed by atoms with Crippen LogP contribution in [0, 0.1) is 0 Å². The molecule has 1 unspecified atom stereocenters. The Balaban J connectivity index is 2.27. The van der Waals surface area contributed by atoms with Crippen molar-refractivity contribution in [2.45, 2.75) is 19.6 Å². The Morgan fingerprint density at radius 2 is 2.23 bits per heavy atom. The minimum absolute atomic E-state index is 0.0637. The van der Waals surface area contributed by atoms with Gasteiger partial charge in [-0.15, -0.1) is 11.3 Å². The number of carbonyl (C=O) groups is 2. The summed E-state index contributed by atoms with van der Waals surface area (Å²) in [5, 5.41) is 1.77. The Morgan fingerprint density at radius 1 is 1.45 bits per heavy atom. The lowest BCUT2D eigenvalue weighted by Gasteiger charge is -2.11. The lowest BCUT2D eigenvalue weighted by Crippen LogP contribution is -2.23. The van der Waals surface area contributed by atoms with Crippen LogP contribution in [0.4, 0.5) is 0 Å². The summed E-state index contributed by atoms with van der Waals surface area (Å²) in [5.74, 6) is -0.949. The van der Waals surface area contributed by atoms with Crippen LogP contribution >= 0.6 is 11.3 Å². The quantitative estimate of drug-likeness (QED) is 0.636. The number of carbonyl (C=O) groups excluding carboxylic acids is 2. The third-order valence-electron chi connectivity index (χ3n) is 3.39. The van der Waals surface area contributed by atoms with Crippen LogP contribution in [0.2, 0.25) is 0 Å². The van der Waals surface area contributed by atoms with Crippen molar-refractivity contribution in [1.82, 2.24) is 4.57 Å². The first-order chi connectivity index (χ1) is 10.5. The average molecular weight is 319 g/mol. The van der Waals surface area contributed by atoms with E-state index >= 15 is 0 Å². The molecule has 2 aromatic heterocycles. The van der Waals surface area contributed by atoms with Crippen molar-refractivity contribution in [2.24, 2.45) is 0 Å². The Labute approximate surface area is 129 Å². The van der Waals surface area contributed by atoms with Crippen LogP contribution in [0.1, 0.15) is 32.5 Å². The van der Waals surface area contributed by atoms with Gasteiger partial charge in [0.25, 0.3) is 5.56 Å². The topological polar surface area (TPSA) is 74.6 Å². The monoisotopic (exact) mass is 319 g/mol. The molecule has 0 aromatic carbocycles. The molecule has 22 heavy (non-hydrogen) atoms. The first-order valence-corrected chi connectivity index (χ1v) is 7.52. The largest absolute Gasteiger partial charge is 0.473 e. The van der Waals surface area contributed by atoms with Crippen molar-refractivity contribution in [3.8, 4) is 5.88 Å². The van der Waals surface area contributed by atoms with E-state index in [-0.39, 0.29) is 34.5 Å². The first kappa shape index (κ1) is 14.5. The third-order valence-corrected chi connectivity index (χ3v) is 4.26. The molecule has 0 fully saturated rings. The van der Waals surface area contributed by atoms with Crippen molar-refractivity contribution in [2.75, 3.05) is 7.11 Å². The van der Waals surface area contributed by atoms with E-state index in [4.69, 9.17) is 9.47 Å². The molecule has 7 heteroatoms. The van der Waals surface area contributed by atoms with Crippen LogP contribution in [0.15, 0.2) is 28.4 Å². The van der Waals surface area contributed by atoms with Gasteiger partial charge in [-0.3, -0.25) is 14.2 Å². The van der Waals surface area contributed by atoms with Gasteiger partial charge in [-0.05, 0) is 18.4 Å². The SMILES string of the molecule is COC(=O)c1cc(=O)n2c(c1C(=O)c1cccs1)OC(C)C2. The smallest absolute Gasteiger partial charge is 0.339 e. The number of rotatable bonds is 3. The zero-order valence-corrected chi connectivity index (χ0v) is 12.8. The van der Waals surface area contributed by atoms with Gasteiger partial charge in [0, 0.05) is 6.07 Å². The van der Waals surface area contributed by atoms with Crippen molar-refractivity contribution in [1.29, 1.82) is 0 Å². The number of aromatic nitrogens is 1. The molecule has 0 bridgehead atoms. The minimum Gasteiger partial charge on any atom is -0.473 e. The number of pyridine rings is 1. The van der Waals surface area contributed by atoms with Crippen molar-refractivity contribution in [3.05, 3.63) is 49.9 Å². The number of ether oxygens (including phenoxy) is 2. The van der Waals surface area contributed by atoms with E-state index in [0.29, 0.717) is 11.4 Å². The summed E-state index contributed by atoms with van der Waals surface area (Å²) in [6, 6.07) is 4.54. The molecule has 1 aliphatic heterocycles. The Kier molecular flexibility index (Phi) is 3.58. The number of ketones is 1. The summed E-state index contributed by atoms with van der Waals surface area (Å²) < 4.78 is 11.7. The number of nitrogens with zero attached hydrogens (tertiary/aromatic N) is 1. The highest BCUT2D eigenvalue weighted by Crippen LogP contribution is 2.30. The van der Waals surface area contributed by atoms with Crippen LogP contribution in [0.3, 0.4) is 0 Å². The molecular weight excluding hydrogens is 306 g/mol. The Hall–Kier alpha value is -2.41. The molecule has 0 amide bonds. The maximum Gasteiger partial charge on any atom is 0.339 e. The highest BCUT2D eigenvalue weighted by molar-refractivity contribution is 7.12.